The van der Waals surface area contributed by atoms with E-state index in [1.807, 2.05) is 50.4 Å². The molecule has 0 aliphatic rings. The smallest absolute Gasteiger partial charge is 0.264 e. The van der Waals surface area contributed by atoms with Gasteiger partial charge in [0.05, 0.1) is 17.2 Å². The number of nitrogens with zero attached hydrogens (tertiary/aromatic N) is 2. The lowest BCUT2D eigenvalue weighted by Gasteiger charge is -2.34. The Labute approximate surface area is 297 Å². The fourth-order valence-electron chi connectivity index (χ4n) is 5.05. The number of benzene rings is 4. The maximum Gasteiger partial charge on any atom is 0.264 e. The molecule has 0 unspecified atom stereocenters. The van der Waals surface area contributed by atoms with Gasteiger partial charge in [0.15, 0.2) is 0 Å². The number of halogens is 2. The summed E-state index contributed by atoms with van der Waals surface area (Å²) in [4.78, 5) is 30.7. The second-order valence-corrected chi connectivity index (χ2v) is 14.4. The molecule has 1 atom stereocenters. The van der Waals surface area contributed by atoms with Crippen molar-refractivity contribution >= 4 is 62.5 Å². The lowest BCUT2D eigenvalue weighted by Crippen LogP contribution is -2.53. The zero-order valence-corrected chi connectivity index (χ0v) is 30.2. The molecule has 8 nitrogen and oxygen atoms in total. The maximum atomic E-state index is 14.6. The van der Waals surface area contributed by atoms with Gasteiger partial charge in [-0.1, -0.05) is 66.5 Å². The van der Waals surface area contributed by atoms with Crippen LogP contribution in [0.15, 0.2) is 107 Å². The van der Waals surface area contributed by atoms with Gasteiger partial charge in [0.25, 0.3) is 10.0 Å². The fourth-order valence-corrected chi connectivity index (χ4v) is 7.39. The average molecular weight is 729 g/mol. The molecule has 0 aliphatic carbocycles. The summed E-state index contributed by atoms with van der Waals surface area (Å²) in [6, 6.07) is 26.3. The first-order valence-corrected chi connectivity index (χ1v) is 18.9. The van der Waals surface area contributed by atoms with E-state index < -0.39 is 28.5 Å². The number of nitrogens with one attached hydrogen (secondary N) is 1. The van der Waals surface area contributed by atoms with E-state index >= 15 is 0 Å². The summed E-state index contributed by atoms with van der Waals surface area (Å²) in [7, 11) is -4.26. The van der Waals surface area contributed by atoms with Gasteiger partial charge < -0.3 is 15.0 Å². The van der Waals surface area contributed by atoms with E-state index in [1.165, 1.54) is 28.8 Å². The van der Waals surface area contributed by atoms with Crippen molar-refractivity contribution < 1.29 is 22.7 Å². The normalized spacial score (nSPS) is 11.9. The standard InChI is InChI=1S/C36H39Cl2N3O5S2/c1-4-22-39-36(43)34(23-26-10-7-6-8-11-26)40(24-31-32(37)12-9-13-33(31)38)35(42)25-41(27-14-16-28(17-15-27)46-5-2)48(44,45)30-20-18-29(47-3)19-21-30/h6-21,34H,4-5,22-25H2,1-3H3,(H,39,43)/t34-/m1/s1. The Morgan fingerprint density at radius 2 is 1.52 bits per heavy atom. The molecule has 0 aromatic heterocycles. The number of hydrogen-bond donors (Lipinski definition) is 1. The van der Waals surface area contributed by atoms with Crippen LogP contribution in [0.1, 0.15) is 31.4 Å². The number of anilines is 1. The lowest BCUT2D eigenvalue weighted by atomic mass is 10.0. The Balaban J connectivity index is 1.83. The van der Waals surface area contributed by atoms with Gasteiger partial charge in [0.1, 0.15) is 18.3 Å². The van der Waals surface area contributed by atoms with Gasteiger partial charge in [-0.3, -0.25) is 13.9 Å². The van der Waals surface area contributed by atoms with E-state index in [9.17, 15) is 18.0 Å². The molecule has 254 valence electrons. The minimum Gasteiger partial charge on any atom is -0.494 e. The van der Waals surface area contributed by atoms with Crippen molar-refractivity contribution in [3.05, 3.63) is 118 Å². The molecule has 0 saturated carbocycles. The Morgan fingerprint density at radius 1 is 0.875 bits per heavy atom. The van der Waals surface area contributed by atoms with E-state index in [4.69, 9.17) is 27.9 Å². The summed E-state index contributed by atoms with van der Waals surface area (Å²) < 4.78 is 35.2. The summed E-state index contributed by atoms with van der Waals surface area (Å²) in [6.45, 7) is 3.89. The molecule has 12 heteroatoms. The Hall–Kier alpha value is -3.70. The number of carbonyl (C=O) groups excluding carboxylic acids is 2. The van der Waals surface area contributed by atoms with E-state index in [2.05, 4.69) is 5.32 Å². The second kappa shape index (κ2) is 17.6. The van der Waals surface area contributed by atoms with Crippen molar-refractivity contribution in [2.75, 3.05) is 30.3 Å². The molecule has 4 aromatic carbocycles. The number of amides is 2. The molecule has 4 rings (SSSR count). The van der Waals surface area contributed by atoms with Gasteiger partial charge in [-0.05, 0) is 85.8 Å². The van der Waals surface area contributed by atoms with Crippen LogP contribution in [0.3, 0.4) is 0 Å². The average Bonchev–Trinajstić information content (AvgIpc) is 3.09. The highest BCUT2D eigenvalue weighted by molar-refractivity contribution is 7.98. The molecule has 0 radical (unpaired) electrons. The molecule has 48 heavy (non-hydrogen) atoms. The molecule has 0 spiro atoms. The minimum atomic E-state index is -4.26. The third-order valence-electron chi connectivity index (χ3n) is 7.57. The number of carbonyl (C=O) groups is 2. The third-order valence-corrected chi connectivity index (χ3v) is 10.8. The first-order chi connectivity index (χ1) is 23.1. The van der Waals surface area contributed by atoms with Crippen molar-refractivity contribution in [2.45, 2.75) is 49.1 Å². The Bertz CT molecular complexity index is 1750. The van der Waals surface area contributed by atoms with Crippen LogP contribution in [0.2, 0.25) is 10.0 Å². The van der Waals surface area contributed by atoms with E-state index in [1.54, 1.807) is 54.6 Å². The molecule has 2 amide bonds. The van der Waals surface area contributed by atoms with Crippen molar-refractivity contribution in [1.82, 2.24) is 10.2 Å². The molecule has 1 N–H and O–H groups in total. The molecular formula is C36H39Cl2N3O5S2. The topological polar surface area (TPSA) is 96.0 Å². The van der Waals surface area contributed by atoms with E-state index in [0.717, 1.165) is 14.8 Å². The zero-order chi connectivity index (χ0) is 34.7. The van der Waals surface area contributed by atoms with Crippen molar-refractivity contribution in [2.24, 2.45) is 0 Å². The first kappa shape index (κ1) is 37.1. The molecule has 0 fully saturated rings. The van der Waals surface area contributed by atoms with Crippen LogP contribution in [0.5, 0.6) is 5.75 Å². The summed E-state index contributed by atoms with van der Waals surface area (Å²) >= 11 is 14.7. The first-order valence-electron chi connectivity index (χ1n) is 15.5. The SMILES string of the molecule is CCCNC(=O)[C@@H](Cc1ccccc1)N(Cc1c(Cl)cccc1Cl)C(=O)CN(c1ccc(OCC)cc1)S(=O)(=O)c1ccc(SC)cc1. The van der Waals surface area contributed by atoms with E-state index in [-0.39, 0.29) is 29.5 Å². The molecule has 0 bridgehead atoms. The highest BCUT2D eigenvalue weighted by atomic mass is 35.5. The number of ether oxygens (including phenoxy) is 1. The largest absolute Gasteiger partial charge is 0.494 e. The summed E-state index contributed by atoms with van der Waals surface area (Å²) in [5.74, 6) is -0.433. The highest BCUT2D eigenvalue weighted by Crippen LogP contribution is 2.30. The summed E-state index contributed by atoms with van der Waals surface area (Å²) in [5.41, 5.74) is 1.52. The van der Waals surface area contributed by atoms with Crippen molar-refractivity contribution in [3.63, 3.8) is 0 Å². The lowest BCUT2D eigenvalue weighted by molar-refractivity contribution is -0.140. The summed E-state index contributed by atoms with van der Waals surface area (Å²) in [5, 5.41) is 3.56. The van der Waals surface area contributed by atoms with Gasteiger partial charge in [0.2, 0.25) is 11.8 Å². The van der Waals surface area contributed by atoms with Crippen LogP contribution in [0.4, 0.5) is 5.69 Å². The van der Waals surface area contributed by atoms with Gasteiger partial charge in [0, 0.05) is 40.0 Å². The number of thioether (sulfide) groups is 1. The zero-order valence-electron chi connectivity index (χ0n) is 27.1. The Kier molecular flexibility index (Phi) is 13.6. The minimum absolute atomic E-state index is 0.0178. The van der Waals surface area contributed by atoms with Gasteiger partial charge in [-0.25, -0.2) is 8.42 Å². The Morgan fingerprint density at radius 3 is 2.10 bits per heavy atom. The summed E-state index contributed by atoms with van der Waals surface area (Å²) in [6.07, 6.45) is 2.76. The van der Waals surface area contributed by atoms with Gasteiger partial charge in [-0.15, -0.1) is 11.8 Å². The number of rotatable bonds is 16. The van der Waals surface area contributed by atoms with Crippen LogP contribution >= 0.6 is 35.0 Å². The van der Waals surface area contributed by atoms with Crippen molar-refractivity contribution in [3.8, 4) is 5.75 Å². The molecule has 0 saturated heterocycles. The van der Waals surface area contributed by atoms with Gasteiger partial charge >= 0.3 is 0 Å². The van der Waals surface area contributed by atoms with Crippen LogP contribution in [0.25, 0.3) is 0 Å². The van der Waals surface area contributed by atoms with Crippen LogP contribution in [-0.2, 0) is 32.6 Å². The van der Waals surface area contributed by atoms with E-state index in [0.29, 0.717) is 40.9 Å². The second-order valence-electron chi connectivity index (χ2n) is 10.8. The quantitative estimate of drug-likeness (QED) is 0.120. The van der Waals surface area contributed by atoms with Crippen LogP contribution in [-0.4, -0.2) is 57.1 Å². The molecular weight excluding hydrogens is 689 g/mol. The third kappa shape index (κ3) is 9.47. The molecule has 0 heterocycles. The number of sulfonamides is 1. The highest BCUT2D eigenvalue weighted by Gasteiger charge is 2.35. The molecule has 4 aromatic rings. The van der Waals surface area contributed by atoms with Crippen LogP contribution < -0.4 is 14.4 Å². The number of hydrogen-bond acceptors (Lipinski definition) is 6. The predicted octanol–water partition coefficient (Wildman–Crippen LogP) is 7.48. The van der Waals surface area contributed by atoms with Gasteiger partial charge in [-0.2, -0.15) is 0 Å². The van der Waals surface area contributed by atoms with Crippen molar-refractivity contribution in [1.29, 1.82) is 0 Å². The van der Waals surface area contributed by atoms with Crippen LogP contribution in [0, 0.1) is 0 Å². The fraction of sp³-hybridized carbons (Fsp3) is 0.278. The molecule has 0 aliphatic heterocycles. The monoisotopic (exact) mass is 727 g/mol. The maximum absolute atomic E-state index is 14.6. The predicted molar refractivity (Wildman–Crippen MR) is 195 cm³/mol.